The number of hydrogen-bond donors (Lipinski definition) is 2. The van der Waals surface area contributed by atoms with Crippen LogP contribution in [0.2, 0.25) is 0 Å². The first-order valence-corrected chi connectivity index (χ1v) is 13.2. The Morgan fingerprint density at radius 2 is 1.10 bits per heavy atom. The van der Waals surface area contributed by atoms with Crippen molar-refractivity contribution < 1.29 is 45.4 Å². The number of esters is 1. The molecule has 0 fully saturated rings. The van der Waals surface area contributed by atoms with E-state index in [1.54, 1.807) is 0 Å². The van der Waals surface area contributed by atoms with Crippen molar-refractivity contribution in [3.63, 3.8) is 0 Å². The van der Waals surface area contributed by atoms with E-state index in [-0.39, 0.29) is 6.61 Å². The predicted molar refractivity (Wildman–Crippen MR) is 108 cm³/mol. The molecular formula is C18H33O10S2-. The number of carboxylic acid groups (broad SMARTS) is 1. The van der Waals surface area contributed by atoms with E-state index in [0.717, 1.165) is 25.7 Å². The maximum atomic E-state index is 11.9. The van der Waals surface area contributed by atoms with Crippen molar-refractivity contribution in [2.45, 2.75) is 94.5 Å². The molecule has 10 nitrogen and oxygen atoms in total. The fourth-order valence-electron chi connectivity index (χ4n) is 3.00. The van der Waals surface area contributed by atoms with Crippen LogP contribution >= 0.6 is 0 Å². The summed E-state index contributed by atoms with van der Waals surface area (Å²) in [5.41, 5.74) is 0. The Hall–Kier alpha value is -1.24. The maximum absolute atomic E-state index is 11.9. The highest BCUT2D eigenvalue weighted by molar-refractivity contribution is 7.91. The van der Waals surface area contributed by atoms with E-state index >= 15 is 0 Å². The van der Waals surface area contributed by atoms with Crippen molar-refractivity contribution in [3.8, 4) is 0 Å². The van der Waals surface area contributed by atoms with Gasteiger partial charge in [-0.15, -0.1) is 0 Å². The molecule has 178 valence electrons. The predicted octanol–water partition coefficient (Wildman–Crippen LogP) is 1.49. The zero-order valence-electron chi connectivity index (χ0n) is 17.3. The lowest BCUT2D eigenvalue weighted by atomic mass is 10.1. The van der Waals surface area contributed by atoms with Gasteiger partial charge in [0.25, 0.3) is 20.2 Å². The van der Waals surface area contributed by atoms with Crippen LogP contribution in [0.3, 0.4) is 0 Å². The molecule has 0 bridgehead atoms. The summed E-state index contributed by atoms with van der Waals surface area (Å²) in [6, 6.07) is 0. The molecule has 0 aromatic heterocycles. The quantitative estimate of drug-likeness (QED) is 0.168. The fourth-order valence-corrected chi connectivity index (χ4v) is 5.24. The third-order valence-electron chi connectivity index (χ3n) is 4.62. The zero-order valence-corrected chi connectivity index (χ0v) is 19.0. The van der Waals surface area contributed by atoms with Crippen LogP contribution in [0.4, 0.5) is 0 Å². The lowest BCUT2D eigenvalue weighted by molar-refractivity contribution is -0.305. The summed E-state index contributed by atoms with van der Waals surface area (Å²) in [6.07, 6.45) is 12.6. The number of hydrogen-bond acceptors (Lipinski definition) is 8. The van der Waals surface area contributed by atoms with E-state index in [0.29, 0.717) is 12.8 Å². The van der Waals surface area contributed by atoms with Gasteiger partial charge in [-0.25, -0.2) is 0 Å². The van der Waals surface area contributed by atoms with Crippen molar-refractivity contribution in [1.82, 2.24) is 0 Å². The Morgan fingerprint density at radius 1 is 0.733 bits per heavy atom. The summed E-state index contributed by atoms with van der Waals surface area (Å²) < 4.78 is 67.3. The summed E-state index contributed by atoms with van der Waals surface area (Å²) in [5, 5.41) is 4.67. The first-order chi connectivity index (χ1) is 13.9. The molecule has 12 heteroatoms. The highest BCUT2D eigenvalue weighted by Crippen LogP contribution is 2.16. The molecule has 0 saturated heterocycles. The van der Waals surface area contributed by atoms with E-state index < -0.39 is 42.7 Å². The molecule has 0 heterocycles. The van der Waals surface area contributed by atoms with Crippen LogP contribution in [-0.2, 0) is 34.6 Å². The lowest BCUT2D eigenvalue weighted by Gasteiger charge is -2.21. The van der Waals surface area contributed by atoms with Crippen LogP contribution in [0.5, 0.6) is 0 Å². The average Bonchev–Trinajstić information content (AvgIpc) is 2.60. The maximum Gasteiger partial charge on any atom is 0.328 e. The van der Waals surface area contributed by atoms with E-state index in [1.165, 1.54) is 38.5 Å². The van der Waals surface area contributed by atoms with Crippen molar-refractivity contribution in [1.29, 1.82) is 0 Å². The Kier molecular flexibility index (Phi) is 14.1. The molecule has 0 aliphatic rings. The van der Waals surface area contributed by atoms with Crippen molar-refractivity contribution >= 4 is 32.2 Å². The Balaban J connectivity index is 4.22. The van der Waals surface area contributed by atoms with Gasteiger partial charge in [0.15, 0.2) is 5.25 Å². The molecule has 0 aromatic carbocycles. The number of carboxylic acids is 1. The van der Waals surface area contributed by atoms with Gasteiger partial charge in [0.1, 0.15) is 0 Å². The Morgan fingerprint density at radius 3 is 1.43 bits per heavy atom. The number of rotatable bonds is 18. The molecule has 0 aromatic rings. The summed E-state index contributed by atoms with van der Waals surface area (Å²) in [4.78, 5) is 22.7. The first kappa shape index (κ1) is 28.8. The molecule has 0 amide bonds. The number of carbonyl (C=O) groups excluding carboxylic acids is 2. The van der Waals surface area contributed by atoms with Gasteiger partial charge in [0.2, 0.25) is 5.25 Å². The Labute approximate surface area is 178 Å². The summed E-state index contributed by atoms with van der Waals surface area (Å²) in [5.74, 6) is -4.34. The molecule has 0 spiro atoms. The van der Waals surface area contributed by atoms with Gasteiger partial charge in [-0.1, -0.05) is 77.6 Å². The highest BCUT2D eigenvalue weighted by Gasteiger charge is 2.47. The van der Waals surface area contributed by atoms with Crippen molar-refractivity contribution in [3.05, 3.63) is 0 Å². The lowest BCUT2D eigenvalue weighted by Crippen LogP contribution is -2.54. The van der Waals surface area contributed by atoms with E-state index in [1.807, 2.05) is 0 Å². The van der Waals surface area contributed by atoms with Gasteiger partial charge < -0.3 is 14.6 Å². The average molecular weight is 474 g/mol. The van der Waals surface area contributed by atoms with Crippen LogP contribution in [0.25, 0.3) is 0 Å². The molecule has 2 N–H and O–H groups in total. The van der Waals surface area contributed by atoms with Crippen LogP contribution in [0.15, 0.2) is 0 Å². The number of ether oxygens (including phenoxy) is 1. The molecule has 0 radical (unpaired) electrons. The summed E-state index contributed by atoms with van der Waals surface area (Å²) >= 11 is 0. The molecular weight excluding hydrogens is 440 g/mol. The normalized spacial score (nSPS) is 14.2. The third-order valence-corrected chi connectivity index (χ3v) is 7.01. The van der Waals surface area contributed by atoms with Crippen LogP contribution in [0, 0.1) is 0 Å². The van der Waals surface area contributed by atoms with Crippen LogP contribution < -0.4 is 5.11 Å². The number of unbranched alkanes of at least 4 members (excludes halogenated alkanes) is 11. The van der Waals surface area contributed by atoms with Gasteiger partial charge in [0, 0.05) is 0 Å². The van der Waals surface area contributed by atoms with Crippen molar-refractivity contribution in [2.75, 3.05) is 6.61 Å². The molecule has 0 aliphatic carbocycles. The van der Waals surface area contributed by atoms with Gasteiger partial charge in [-0.3, -0.25) is 13.9 Å². The minimum absolute atomic E-state index is 0.284. The van der Waals surface area contributed by atoms with Crippen LogP contribution in [-0.4, -0.2) is 55.0 Å². The van der Waals surface area contributed by atoms with Gasteiger partial charge >= 0.3 is 5.97 Å². The van der Waals surface area contributed by atoms with Gasteiger partial charge in [-0.05, 0) is 6.42 Å². The molecule has 0 saturated carbocycles. The highest BCUT2D eigenvalue weighted by atomic mass is 32.2. The minimum atomic E-state index is -5.55. The molecule has 2 unspecified atom stereocenters. The standard InChI is InChI=1S/C18H34O10S2/c1-2-3-4-5-6-7-8-9-10-11-12-13-14-28-18(21)16(30(25,26)27)15(17(19)20)29(22,23)24/h15-16H,2-14H2,1H3,(H,19,20)(H,22,23,24)(H,25,26,27)/p-1. The van der Waals surface area contributed by atoms with Gasteiger partial charge in [0.05, 0.1) is 12.6 Å². The Bertz CT molecular complexity index is 715. The largest absolute Gasteiger partial charge is 0.549 e. The number of carbonyl (C=O) groups is 2. The molecule has 2 atom stereocenters. The van der Waals surface area contributed by atoms with E-state index in [2.05, 4.69) is 11.7 Å². The zero-order chi connectivity index (χ0) is 23.2. The van der Waals surface area contributed by atoms with Gasteiger partial charge in [-0.2, -0.15) is 16.8 Å². The second-order valence-corrected chi connectivity index (χ2v) is 10.3. The first-order valence-electron chi connectivity index (χ1n) is 10.2. The number of aliphatic carboxylic acids is 1. The summed E-state index contributed by atoms with van der Waals surface area (Å²) in [7, 11) is -11.0. The minimum Gasteiger partial charge on any atom is -0.549 e. The van der Waals surface area contributed by atoms with E-state index in [9.17, 15) is 31.5 Å². The molecule has 0 rings (SSSR count). The second-order valence-electron chi connectivity index (χ2n) is 7.25. The monoisotopic (exact) mass is 473 g/mol. The molecule has 30 heavy (non-hydrogen) atoms. The third kappa shape index (κ3) is 12.5. The second kappa shape index (κ2) is 14.7. The van der Waals surface area contributed by atoms with Crippen molar-refractivity contribution in [2.24, 2.45) is 0 Å². The molecule has 0 aliphatic heterocycles. The van der Waals surface area contributed by atoms with E-state index in [4.69, 9.17) is 9.11 Å². The fraction of sp³-hybridized carbons (Fsp3) is 0.889. The topological polar surface area (TPSA) is 175 Å². The SMILES string of the molecule is CCCCCCCCCCCCCCOC(=O)C(C(C(=O)[O-])S(=O)(=O)O)S(=O)(=O)O. The summed E-state index contributed by atoms with van der Waals surface area (Å²) in [6.45, 7) is 1.89. The smallest absolute Gasteiger partial charge is 0.328 e. The van der Waals surface area contributed by atoms with Crippen LogP contribution in [0.1, 0.15) is 84.0 Å².